The van der Waals surface area contributed by atoms with Gasteiger partial charge in [0, 0.05) is 100 Å². The average molecular weight is 1290 g/mol. The lowest BCUT2D eigenvalue weighted by atomic mass is 9.85. The number of ether oxygens (including phenoxy) is 2. The van der Waals surface area contributed by atoms with E-state index in [9.17, 15) is 33.6 Å². The van der Waals surface area contributed by atoms with Crippen LogP contribution in [0.15, 0.2) is 103 Å². The number of thiazole rings is 1. The van der Waals surface area contributed by atoms with E-state index < -0.39 is 60.4 Å². The number of carboxylic acids is 1. The molecule has 3 aromatic heterocycles. The Labute approximate surface area is 535 Å². The van der Waals surface area contributed by atoms with Crippen LogP contribution in [0, 0.1) is 5.82 Å². The summed E-state index contributed by atoms with van der Waals surface area (Å²) in [4.78, 5) is 121. The number of amides is 7. The molecular formula is C66H66ClFN12O11S. The van der Waals surface area contributed by atoms with Gasteiger partial charge in [-0.2, -0.15) is 10.2 Å². The van der Waals surface area contributed by atoms with Crippen molar-refractivity contribution < 1.29 is 57.3 Å². The number of halogens is 2. The Bertz CT molecular complexity index is 4270. The van der Waals surface area contributed by atoms with E-state index in [4.69, 9.17) is 36.3 Å². The molecule has 23 nitrogen and oxygen atoms in total. The highest BCUT2D eigenvalue weighted by atomic mass is 35.5. The van der Waals surface area contributed by atoms with Crippen LogP contribution < -0.4 is 20.7 Å². The molecule has 7 amide bonds. The Kier molecular flexibility index (Phi) is 17.2. The topological polar surface area (TPSA) is 273 Å². The van der Waals surface area contributed by atoms with Crippen molar-refractivity contribution in [3.05, 3.63) is 125 Å². The summed E-state index contributed by atoms with van der Waals surface area (Å²) in [5, 5.41) is 28.3. The summed E-state index contributed by atoms with van der Waals surface area (Å²) in [5.74, 6) is -4.75. The van der Waals surface area contributed by atoms with Crippen molar-refractivity contribution in [2.45, 2.75) is 87.5 Å². The molecule has 5 aromatic carbocycles. The Hall–Kier alpha value is -9.33. The quantitative estimate of drug-likeness (QED) is 0.0770. The molecule has 0 bridgehead atoms. The first-order valence-corrected chi connectivity index (χ1v) is 32.0. The molecule has 92 heavy (non-hydrogen) atoms. The first-order chi connectivity index (χ1) is 44.5. The summed E-state index contributed by atoms with van der Waals surface area (Å²) in [7, 11) is 1.77. The molecule has 0 saturated carbocycles. The van der Waals surface area contributed by atoms with Crippen LogP contribution in [0.5, 0.6) is 5.75 Å². The number of aryl methyl sites for hydroxylation is 1. The highest BCUT2D eigenvalue weighted by Crippen LogP contribution is 2.44. The maximum atomic E-state index is 16.2. The third kappa shape index (κ3) is 12.2. The lowest BCUT2D eigenvalue weighted by Crippen LogP contribution is -2.62. The van der Waals surface area contributed by atoms with Crippen molar-refractivity contribution in [3.8, 4) is 27.4 Å². The smallest absolute Gasteiger partial charge is 0.322 e. The molecule has 5 aliphatic rings. The number of para-hydroxylation sites is 2. The van der Waals surface area contributed by atoms with Crippen molar-refractivity contribution in [3.63, 3.8) is 0 Å². The molecule has 0 radical (unpaired) electrons. The van der Waals surface area contributed by atoms with Gasteiger partial charge in [-0.05, 0) is 85.3 Å². The largest absolute Gasteiger partial charge is 0.480 e. The van der Waals surface area contributed by atoms with Crippen LogP contribution in [-0.4, -0.2) is 180 Å². The molecule has 0 aliphatic carbocycles. The van der Waals surface area contributed by atoms with Crippen LogP contribution in [-0.2, 0) is 56.7 Å². The van der Waals surface area contributed by atoms with Crippen LogP contribution >= 0.6 is 22.9 Å². The number of aliphatic carboxylic acids is 1. The van der Waals surface area contributed by atoms with Crippen molar-refractivity contribution in [2.75, 3.05) is 70.8 Å². The van der Waals surface area contributed by atoms with E-state index in [0.717, 1.165) is 10.3 Å². The predicted octanol–water partition coefficient (Wildman–Crippen LogP) is 6.86. The third-order valence-corrected chi connectivity index (χ3v) is 19.9. The fourth-order valence-electron chi connectivity index (χ4n) is 13.7. The minimum atomic E-state index is -1.52. The summed E-state index contributed by atoms with van der Waals surface area (Å²) in [6.07, 6.45) is 3.03. The molecular weight excluding hydrogens is 1220 g/mol. The normalized spacial score (nSPS) is 19.2. The number of benzene rings is 5. The monoisotopic (exact) mass is 1290 g/mol. The Morgan fingerprint density at radius 2 is 1.58 bits per heavy atom. The number of carbonyl (C=O) groups excluding carboxylic acids is 7. The van der Waals surface area contributed by atoms with Crippen LogP contribution in [0.25, 0.3) is 53.7 Å². The molecule has 3 atom stereocenters. The number of nitrogens with zero attached hydrogens (tertiary/aromatic N) is 9. The van der Waals surface area contributed by atoms with Gasteiger partial charge in [0.05, 0.1) is 75.3 Å². The molecule has 4 N–H and O–H groups in total. The van der Waals surface area contributed by atoms with Crippen molar-refractivity contribution >= 4 is 108 Å². The Morgan fingerprint density at radius 3 is 2.38 bits per heavy atom. The van der Waals surface area contributed by atoms with Gasteiger partial charge in [-0.1, -0.05) is 60.1 Å². The maximum Gasteiger partial charge on any atom is 0.322 e. The number of nitrogens with one attached hydrogen (secondary N) is 3. The van der Waals surface area contributed by atoms with E-state index in [0.29, 0.717) is 116 Å². The zero-order valence-corrected chi connectivity index (χ0v) is 51.9. The lowest BCUT2D eigenvalue weighted by molar-refractivity contribution is -0.161. The van der Waals surface area contributed by atoms with Gasteiger partial charge in [-0.25, -0.2) is 9.37 Å². The van der Waals surface area contributed by atoms with Crippen molar-refractivity contribution in [2.24, 2.45) is 7.05 Å². The van der Waals surface area contributed by atoms with Crippen molar-refractivity contribution in [1.29, 1.82) is 0 Å². The molecule has 5 aliphatic heterocycles. The zero-order valence-electron chi connectivity index (χ0n) is 50.3. The molecule has 1 unspecified atom stereocenters. The third-order valence-electron chi connectivity index (χ3n) is 18.4. The van der Waals surface area contributed by atoms with Gasteiger partial charge in [-0.15, -0.1) is 11.3 Å². The number of hydrogen-bond acceptors (Lipinski definition) is 14. The summed E-state index contributed by atoms with van der Waals surface area (Å²) in [5.41, 5.74) is 3.88. The SMILES string of the molecule is Cn1ncc2cc(F)c(-c3cccc4c3c(C3CCN(C(=O)CC5CN(C(=O)[C@@H]6CCCN6C(=O)C6(Oc7ccccc7-c7nc8cccc(Cl)c8s7)CCN(C(=O)[C@H]7CC(=O)Nc8ccccc87)CC6)CCO5)CC3)nn4CC(=O)NCC(=O)NCC(=O)O)cc21. The number of morpholine rings is 1. The highest BCUT2D eigenvalue weighted by Gasteiger charge is 2.52. The molecule has 8 heterocycles. The summed E-state index contributed by atoms with van der Waals surface area (Å²) >= 11 is 8.03. The number of carbonyl (C=O) groups is 8. The fourth-order valence-corrected chi connectivity index (χ4v) is 14.9. The van der Waals surface area contributed by atoms with Gasteiger partial charge < -0.3 is 50.1 Å². The maximum absolute atomic E-state index is 16.2. The first-order valence-electron chi connectivity index (χ1n) is 30.9. The number of hydrogen-bond donors (Lipinski definition) is 4. The number of piperidine rings is 2. The Morgan fingerprint density at radius 1 is 0.815 bits per heavy atom. The van der Waals surface area contributed by atoms with Gasteiger partial charge in [-0.3, -0.25) is 47.7 Å². The number of carboxylic acid groups (broad SMARTS) is 1. The predicted molar refractivity (Wildman–Crippen MR) is 339 cm³/mol. The van der Waals surface area contributed by atoms with Crippen LogP contribution in [0.4, 0.5) is 10.1 Å². The minimum Gasteiger partial charge on any atom is -0.480 e. The van der Waals surface area contributed by atoms with Gasteiger partial charge in [0.15, 0.2) is 5.60 Å². The van der Waals surface area contributed by atoms with Crippen LogP contribution in [0.1, 0.15) is 74.5 Å². The highest BCUT2D eigenvalue weighted by molar-refractivity contribution is 7.22. The van der Waals surface area contributed by atoms with Gasteiger partial charge in [0.2, 0.25) is 35.4 Å². The number of likely N-dealkylation sites (tertiary alicyclic amines) is 3. The zero-order chi connectivity index (χ0) is 63.9. The minimum absolute atomic E-state index is 0.00771. The molecule has 4 fully saturated rings. The number of aromatic nitrogens is 5. The first kappa shape index (κ1) is 61.5. The molecule has 4 saturated heterocycles. The molecule has 13 rings (SSSR count). The fraction of sp³-hybridized carbons (Fsp3) is 0.379. The van der Waals surface area contributed by atoms with E-state index in [1.807, 2.05) is 48.5 Å². The van der Waals surface area contributed by atoms with Crippen LogP contribution in [0.2, 0.25) is 5.02 Å². The molecule has 0 spiro atoms. The van der Waals surface area contributed by atoms with E-state index in [1.165, 1.54) is 22.1 Å². The molecule has 26 heteroatoms. The van der Waals surface area contributed by atoms with E-state index in [1.54, 1.807) is 80.0 Å². The number of rotatable bonds is 16. The van der Waals surface area contributed by atoms with Crippen molar-refractivity contribution in [1.82, 2.24) is 54.8 Å². The van der Waals surface area contributed by atoms with E-state index in [2.05, 4.69) is 21.0 Å². The Balaban J connectivity index is 0.698. The van der Waals surface area contributed by atoms with Gasteiger partial charge in [0.25, 0.3) is 5.91 Å². The second-order valence-electron chi connectivity index (χ2n) is 24.1. The summed E-state index contributed by atoms with van der Waals surface area (Å²) in [6, 6.07) is 27.8. The van der Waals surface area contributed by atoms with Gasteiger partial charge in [0.1, 0.15) is 35.7 Å². The summed E-state index contributed by atoms with van der Waals surface area (Å²) < 4.78 is 33.4. The second-order valence-corrected chi connectivity index (χ2v) is 25.5. The number of fused-ring (bicyclic) bond motifs is 4. The van der Waals surface area contributed by atoms with E-state index in [-0.39, 0.29) is 100 Å². The van der Waals surface area contributed by atoms with Crippen LogP contribution in [0.3, 0.4) is 0 Å². The lowest BCUT2D eigenvalue weighted by Gasteiger charge is -2.44. The average Bonchev–Trinajstić information content (AvgIpc) is 1.48. The summed E-state index contributed by atoms with van der Waals surface area (Å²) in [6.45, 7) is 0.438. The standard InChI is InChI=1S/C66H66ClFN12O11S/c1-75-52-31-44(47(68)29-39(52)33-71-75)42-11-6-15-50-59(42)60(74-80(50)37-56(83)69-34-55(82)70-35-58(85)86)38-18-23-76(24-19-38)57(84)30-40-36-78(27-28-90-40)64(88)51-16-8-22-79(51)65(89)66(91-53-17-5-3-10-43(53)62-73-49-14-7-12-46(67)61(49)92-62)20-25-77(26-21-66)63(87)45-32-54(81)72-48-13-4-2-9-41(45)48/h2-7,9-15,17,29,31,33,38,40,45,51H,8,16,18-28,30,32,34-37H2,1H3,(H,69,83)(H,70,82)(H,72,81)(H,85,86)/t40?,45-,51-/m0/s1. The molecule has 8 aromatic rings. The number of anilines is 1. The second kappa shape index (κ2) is 25.7. The van der Waals surface area contributed by atoms with Gasteiger partial charge >= 0.3 is 5.97 Å². The van der Waals surface area contributed by atoms with E-state index >= 15 is 9.18 Å². The molecule has 476 valence electrons.